The van der Waals surface area contributed by atoms with Crippen molar-refractivity contribution in [1.29, 1.82) is 0 Å². The zero-order valence-electron chi connectivity index (χ0n) is 18.6. The first kappa shape index (κ1) is 23.0. The van der Waals surface area contributed by atoms with Crippen LogP contribution in [0.25, 0.3) is 0 Å². The lowest BCUT2D eigenvalue weighted by atomic mass is 10.1. The molecule has 2 aliphatic heterocycles. The maximum Gasteiger partial charge on any atom is 0.243 e. The van der Waals surface area contributed by atoms with Gasteiger partial charge < -0.3 is 5.32 Å². The highest BCUT2D eigenvalue weighted by molar-refractivity contribution is 7.89. The van der Waals surface area contributed by atoms with Crippen LogP contribution >= 0.6 is 0 Å². The average molecular weight is 456 g/mol. The van der Waals surface area contributed by atoms with Crippen molar-refractivity contribution >= 4 is 15.9 Å². The van der Waals surface area contributed by atoms with E-state index in [4.69, 9.17) is 0 Å². The molecule has 0 saturated carbocycles. The summed E-state index contributed by atoms with van der Waals surface area (Å²) in [6, 6.07) is 17.6. The van der Waals surface area contributed by atoms with Gasteiger partial charge in [-0.3, -0.25) is 9.69 Å². The van der Waals surface area contributed by atoms with Crippen molar-refractivity contribution in [2.75, 3.05) is 26.2 Å². The van der Waals surface area contributed by atoms with E-state index in [2.05, 4.69) is 34.5 Å². The molecule has 0 spiro atoms. The first-order valence-electron chi connectivity index (χ1n) is 11.7. The molecule has 2 saturated heterocycles. The van der Waals surface area contributed by atoms with Gasteiger partial charge in [-0.1, -0.05) is 48.9 Å². The highest BCUT2D eigenvalue weighted by atomic mass is 32.2. The van der Waals surface area contributed by atoms with Crippen LogP contribution in [-0.2, 0) is 27.8 Å². The normalized spacial score (nSPS) is 20.3. The zero-order valence-corrected chi connectivity index (χ0v) is 19.4. The molecule has 1 N–H and O–H groups in total. The van der Waals surface area contributed by atoms with Crippen LogP contribution in [-0.4, -0.2) is 55.8 Å². The summed E-state index contributed by atoms with van der Waals surface area (Å²) in [5.41, 5.74) is 2.28. The molecular formula is C25H33N3O3S. The molecule has 32 heavy (non-hydrogen) atoms. The topological polar surface area (TPSA) is 69.7 Å². The van der Waals surface area contributed by atoms with E-state index in [1.165, 1.54) is 5.56 Å². The molecule has 2 aliphatic rings. The van der Waals surface area contributed by atoms with Gasteiger partial charge in [-0.2, -0.15) is 4.31 Å². The largest absolute Gasteiger partial charge is 0.352 e. The smallest absolute Gasteiger partial charge is 0.243 e. The summed E-state index contributed by atoms with van der Waals surface area (Å²) in [7, 11) is -3.40. The SMILES string of the molecule is O=C(CCc1ccc(S(=O)(=O)N2CCCCC2)cc1)NC1CCN(Cc2ccccc2)C1. The van der Waals surface area contributed by atoms with Crippen molar-refractivity contribution < 1.29 is 13.2 Å². The van der Waals surface area contributed by atoms with E-state index in [0.717, 1.165) is 50.9 Å². The summed E-state index contributed by atoms with van der Waals surface area (Å²) in [6.07, 6.45) is 4.94. The number of hydrogen-bond acceptors (Lipinski definition) is 4. The molecule has 2 heterocycles. The van der Waals surface area contributed by atoms with Crippen molar-refractivity contribution in [2.45, 2.75) is 56.0 Å². The maximum atomic E-state index is 12.8. The number of hydrogen-bond donors (Lipinski definition) is 1. The van der Waals surface area contributed by atoms with Gasteiger partial charge in [0.05, 0.1) is 4.90 Å². The van der Waals surface area contributed by atoms with Gasteiger partial charge in [-0.15, -0.1) is 0 Å². The average Bonchev–Trinajstić information content (AvgIpc) is 3.25. The van der Waals surface area contributed by atoms with Gasteiger partial charge >= 0.3 is 0 Å². The van der Waals surface area contributed by atoms with E-state index in [1.54, 1.807) is 16.4 Å². The summed E-state index contributed by atoms with van der Waals surface area (Å²) in [5.74, 6) is 0.0570. The van der Waals surface area contributed by atoms with Gasteiger partial charge in [-0.25, -0.2) is 8.42 Å². The lowest BCUT2D eigenvalue weighted by molar-refractivity contribution is -0.121. The number of amides is 1. The van der Waals surface area contributed by atoms with E-state index in [0.29, 0.717) is 30.8 Å². The van der Waals surface area contributed by atoms with Crippen LogP contribution in [0.1, 0.15) is 43.2 Å². The molecule has 172 valence electrons. The number of nitrogens with one attached hydrogen (secondary N) is 1. The van der Waals surface area contributed by atoms with Crippen LogP contribution in [0, 0.1) is 0 Å². The minimum atomic E-state index is -3.40. The Morgan fingerprint density at radius 2 is 1.62 bits per heavy atom. The fourth-order valence-electron chi connectivity index (χ4n) is 4.58. The molecule has 7 heteroatoms. The second-order valence-corrected chi connectivity index (χ2v) is 10.8. The minimum absolute atomic E-state index is 0.0570. The van der Waals surface area contributed by atoms with E-state index < -0.39 is 10.0 Å². The van der Waals surface area contributed by atoms with Crippen molar-refractivity contribution in [3.8, 4) is 0 Å². The Morgan fingerprint density at radius 1 is 0.906 bits per heavy atom. The third kappa shape index (κ3) is 5.97. The van der Waals surface area contributed by atoms with Gasteiger partial charge in [0.25, 0.3) is 0 Å². The van der Waals surface area contributed by atoms with Crippen molar-refractivity contribution in [3.05, 3.63) is 65.7 Å². The number of carbonyl (C=O) groups excluding carboxylic acids is 1. The van der Waals surface area contributed by atoms with Crippen LogP contribution in [0.4, 0.5) is 0 Å². The van der Waals surface area contributed by atoms with Crippen LogP contribution in [0.2, 0.25) is 0 Å². The highest BCUT2D eigenvalue weighted by Crippen LogP contribution is 2.21. The second-order valence-electron chi connectivity index (χ2n) is 8.88. The number of sulfonamides is 1. The fraction of sp³-hybridized carbons (Fsp3) is 0.480. The van der Waals surface area contributed by atoms with Gasteiger partial charge in [0.15, 0.2) is 0 Å². The fourth-order valence-corrected chi connectivity index (χ4v) is 6.09. The lowest BCUT2D eigenvalue weighted by Crippen LogP contribution is -2.37. The molecule has 0 radical (unpaired) electrons. The Bertz CT molecular complexity index is 987. The molecule has 1 unspecified atom stereocenters. The molecule has 1 atom stereocenters. The highest BCUT2D eigenvalue weighted by Gasteiger charge is 2.26. The number of likely N-dealkylation sites (tertiary alicyclic amines) is 1. The van der Waals surface area contributed by atoms with E-state index >= 15 is 0 Å². The summed E-state index contributed by atoms with van der Waals surface area (Å²) in [6.45, 7) is 4.00. The van der Waals surface area contributed by atoms with E-state index in [-0.39, 0.29) is 11.9 Å². The first-order chi connectivity index (χ1) is 15.5. The van der Waals surface area contributed by atoms with Crippen LogP contribution in [0.5, 0.6) is 0 Å². The quantitative estimate of drug-likeness (QED) is 0.664. The third-order valence-corrected chi connectivity index (χ3v) is 8.32. The Hall–Kier alpha value is -2.22. The van der Waals surface area contributed by atoms with Crippen LogP contribution in [0.15, 0.2) is 59.5 Å². The number of piperidine rings is 1. The Morgan fingerprint density at radius 3 is 2.34 bits per heavy atom. The maximum absolute atomic E-state index is 12.8. The molecule has 2 fully saturated rings. The van der Waals surface area contributed by atoms with Gasteiger partial charge in [0, 0.05) is 45.2 Å². The molecule has 2 aromatic carbocycles. The predicted molar refractivity (Wildman–Crippen MR) is 126 cm³/mol. The Kier molecular flexibility index (Phi) is 7.60. The number of carbonyl (C=O) groups is 1. The molecule has 2 aromatic rings. The zero-order chi connectivity index (χ0) is 22.4. The summed E-state index contributed by atoms with van der Waals surface area (Å²) in [5, 5.41) is 3.16. The van der Waals surface area contributed by atoms with Gasteiger partial charge in [0.1, 0.15) is 0 Å². The molecule has 1 amide bonds. The van der Waals surface area contributed by atoms with Crippen LogP contribution in [0.3, 0.4) is 0 Å². The first-order valence-corrected chi connectivity index (χ1v) is 13.1. The minimum Gasteiger partial charge on any atom is -0.352 e. The summed E-state index contributed by atoms with van der Waals surface area (Å²) < 4.78 is 27.1. The van der Waals surface area contributed by atoms with Crippen molar-refractivity contribution in [1.82, 2.24) is 14.5 Å². The number of nitrogens with zero attached hydrogens (tertiary/aromatic N) is 2. The standard InChI is InChI=1S/C25H33N3O3S/c29-25(26-23-15-18-27(20-23)19-22-7-3-1-4-8-22)14-11-21-9-12-24(13-10-21)32(30,31)28-16-5-2-6-17-28/h1,3-4,7-10,12-13,23H,2,5-6,11,14-20H2,(H,26,29). The summed E-state index contributed by atoms with van der Waals surface area (Å²) in [4.78, 5) is 15.2. The third-order valence-electron chi connectivity index (χ3n) is 6.40. The van der Waals surface area contributed by atoms with E-state index in [9.17, 15) is 13.2 Å². The van der Waals surface area contributed by atoms with Crippen molar-refractivity contribution in [3.63, 3.8) is 0 Å². The van der Waals surface area contributed by atoms with Gasteiger partial charge in [-0.05, 0) is 48.9 Å². The molecule has 0 aromatic heterocycles. The lowest BCUT2D eigenvalue weighted by Gasteiger charge is -2.25. The number of rotatable bonds is 8. The van der Waals surface area contributed by atoms with Crippen molar-refractivity contribution in [2.24, 2.45) is 0 Å². The van der Waals surface area contributed by atoms with Gasteiger partial charge in [0.2, 0.25) is 15.9 Å². The molecule has 6 nitrogen and oxygen atoms in total. The predicted octanol–water partition coefficient (Wildman–Crippen LogP) is 3.18. The van der Waals surface area contributed by atoms with Crippen LogP contribution < -0.4 is 5.32 Å². The monoisotopic (exact) mass is 455 g/mol. The molecule has 4 rings (SSSR count). The molecule has 0 aliphatic carbocycles. The Labute approximate surface area is 191 Å². The number of benzene rings is 2. The molecule has 0 bridgehead atoms. The number of aryl methyl sites for hydroxylation is 1. The second kappa shape index (κ2) is 10.6. The Balaban J connectivity index is 1.22. The van der Waals surface area contributed by atoms with E-state index in [1.807, 2.05) is 18.2 Å². The summed E-state index contributed by atoms with van der Waals surface area (Å²) >= 11 is 0. The molecular weight excluding hydrogens is 422 g/mol.